The van der Waals surface area contributed by atoms with E-state index in [9.17, 15) is 13.4 Å². The second-order valence-electron chi connectivity index (χ2n) is 10.6. The number of aliphatic carboxylic acids is 1. The summed E-state index contributed by atoms with van der Waals surface area (Å²) < 4.78 is 84.6. The lowest BCUT2D eigenvalue weighted by Crippen LogP contribution is -2.43. The van der Waals surface area contributed by atoms with Gasteiger partial charge in [0.25, 0.3) is 0 Å². The molecule has 6 rings (SSSR count). The van der Waals surface area contributed by atoms with Crippen LogP contribution in [0.1, 0.15) is 30.2 Å². The van der Waals surface area contributed by atoms with Crippen molar-refractivity contribution >= 4 is 27.7 Å². The zero-order valence-electron chi connectivity index (χ0n) is 23.3. The van der Waals surface area contributed by atoms with Crippen LogP contribution in [0.3, 0.4) is 0 Å². The van der Waals surface area contributed by atoms with Crippen LogP contribution in [-0.2, 0) is 27.4 Å². The second-order valence-corrected chi connectivity index (χ2v) is 11.9. The number of nitrogens with one attached hydrogen (secondary N) is 2. The third kappa shape index (κ3) is 4.80. The molecule has 0 radical (unpaired) electrons. The summed E-state index contributed by atoms with van der Waals surface area (Å²) in [6, 6.07) is 10.0. The predicted molar refractivity (Wildman–Crippen MR) is 154 cm³/mol. The molecule has 0 fully saturated rings. The molecule has 0 bridgehead atoms. The molecule has 5 aromatic rings. The number of ether oxygens (including phenoxy) is 2. The number of alkyl halides is 1. The SMILES string of the molecule is CS(=O)c1c(Oc2ccc(F)c(-c3ncc(C4(C)c5cccc(CCC(=O)O)c5OCC4F)[nH]3)c2)c(F)c(F)c2[nH]ccc12. The minimum absolute atomic E-state index is 0.0125. The number of para-hydroxylation sites is 1. The molecule has 0 spiro atoms. The van der Waals surface area contributed by atoms with Crippen LogP contribution < -0.4 is 9.47 Å². The van der Waals surface area contributed by atoms with Gasteiger partial charge < -0.3 is 24.5 Å². The number of fused-ring (bicyclic) bond motifs is 2. The lowest BCUT2D eigenvalue weighted by Gasteiger charge is -2.38. The van der Waals surface area contributed by atoms with Crippen molar-refractivity contribution in [1.29, 1.82) is 0 Å². The first-order valence-corrected chi connectivity index (χ1v) is 15.0. The molecule has 13 heteroatoms. The maximum Gasteiger partial charge on any atom is 0.303 e. The Morgan fingerprint density at radius 3 is 2.75 bits per heavy atom. The van der Waals surface area contributed by atoms with Crippen LogP contribution in [0, 0.1) is 17.5 Å². The van der Waals surface area contributed by atoms with Gasteiger partial charge in [-0.1, -0.05) is 18.2 Å². The van der Waals surface area contributed by atoms with Crippen LogP contribution in [0.4, 0.5) is 17.6 Å². The highest BCUT2D eigenvalue weighted by Crippen LogP contribution is 2.46. The van der Waals surface area contributed by atoms with E-state index in [1.54, 1.807) is 25.1 Å². The summed E-state index contributed by atoms with van der Waals surface area (Å²) in [5.74, 6) is -4.57. The average Bonchev–Trinajstić information content (AvgIpc) is 3.68. The molecule has 3 aromatic carbocycles. The first kappa shape index (κ1) is 29.4. The average molecular weight is 628 g/mol. The number of aryl methyl sites for hydroxylation is 1. The number of carboxylic acid groups (broad SMARTS) is 1. The molecule has 3 N–H and O–H groups in total. The Hall–Kier alpha value is -4.65. The number of hydrogen-bond donors (Lipinski definition) is 3. The molecule has 1 aliphatic rings. The summed E-state index contributed by atoms with van der Waals surface area (Å²) in [5, 5.41) is 9.31. The van der Waals surface area contributed by atoms with Crippen molar-refractivity contribution in [2.45, 2.75) is 36.2 Å². The van der Waals surface area contributed by atoms with E-state index in [2.05, 4.69) is 15.0 Å². The van der Waals surface area contributed by atoms with Crippen molar-refractivity contribution in [2.24, 2.45) is 0 Å². The zero-order valence-corrected chi connectivity index (χ0v) is 24.2. The molecular weight excluding hydrogens is 602 g/mol. The number of aromatic amines is 2. The molecular formula is C31H25F4N3O5S. The van der Waals surface area contributed by atoms with Crippen molar-refractivity contribution in [3.8, 4) is 28.6 Å². The number of carboxylic acids is 1. The predicted octanol–water partition coefficient (Wildman–Crippen LogP) is 6.56. The topological polar surface area (TPSA) is 117 Å². The third-order valence-electron chi connectivity index (χ3n) is 7.91. The lowest BCUT2D eigenvalue weighted by molar-refractivity contribution is -0.136. The summed E-state index contributed by atoms with van der Waals surface area (Å²) in [5.41, 5.74) is -0.170. The summed E-state index contributed by atoms with van der Waals surface area (Å²) >= 11 is 0. The Balaban J connectivity index is 1.38. The van der Waals surface area contributed by atoms with Gasteiger partial charge in [0.1, 0.15) is 35.9 Å². The van der Waals surface area contributed by atoms with E-state index in [0.717, 1.165) is 6.07 Å². The van der Waals surface area contributed by atoms with Crippen LogP contribution in [0.5, 0.6) is 17.2 Å². The minimum Gasteiger partial charge on any atom is -0.490 e. The van der Waals surface area contributed by atoms with Crippen LogP contribution in [0.15, 0.2) is 59.8 Å². The molecule has 1 aliphatic heterocycles. The van der Waals surface area contributed by atoms with Gasteiger partial charge in [0, 0.05) is 41.7 Å². The van der Waals surface area contributed by atoms with Gasteiger partial charge in [-0.2, -0.15) is 4.39 Å². The van der Waals surface area contributed by atoms with E-state index in [1.165, 1.54) is 36.8 Å². The Morgan fingerprint density at radius 1 is 1.20 bits per heavy atom. The molecule has 0 amide bonds. The van der Waals surface area contributed by atoms with Crippen molar-refractivity contribution in [2.75, 3.05) is 12.9 Å². The molecule has 3 unspecified atom stereocenters. The summed E-state index contributed by atoms with van der Waals surface area (Å²) in [7, 11) is -1.78. The van der Waals surface area contributed by atoms with Gasteiger partial charge in [-0.3, -0.25) is 9.00 Å². The van der Waals surface area contributed by atoms with Crippen LogP contribution in [0.25, 0.3) is 22.3 Å². The van der Waals surface area contributed by atoms with E-state index in [0.29, 0.717) is 22.6 Å². The number of imidazole rings is 1. The number of aromatic nitrogens is 3. The van der Waals surface area contributed by atoms with Crippen molar-refractivity contribution in [1.82, 2.24) is 15.0 Å². The molecule has 0 saturated carbocycles. The highest BCUT2D eigenvalue weighted by atomic mass is 32.2. The highest BCUT2D eigenvalue weighted by Gasteiger charge is 2.46. The van der Waals surface area contributed by atoms with E-state index in [1.807, 2.05) is 0 Å². The number of carbonyl (C=O) groups is 1. The van der Waals surface area contributed by atoms with Gasteiger partial charge in [0.15, 0.2) is 11.6 Å². The summed E-state index contributed by atoms with van der Waals surface area (Å²) in [6.07, 6.45) is 2.58. The molecule has 3 heterocycles. The fourth-order valence-electron chi connectivity index (χ4n) is 5.55. The molecule has 2 aromatic heterocycles. The van der Waals surface area contributed by atoms with Crippen LogP contribution in [0.2, 0.25) is 0 Å². The molecule has 8 nitrogen and oxygen atoms in total. The Kier molecular flexibility index (Phi) is 7.44. The Morgan fingerprint density at radius 2 is 2.00 bits per heavy atom. The number of hydrogen-bond acceptors (Lipinski definition) is 5. The fourth-order valence-corrected chi connectivity index (χ4v) is 6.42. The number of nitrogens with zero attached hydrogens (tertiary/aromatic N) is 1. The number of halogens is 4. The van der Waals surface area contributed by atoms with Crippen molar-refractivity contribution < 1.29 is 41.1 Å². The van der Waals surface area contributed by atoms with Gasteiger partial charge in [-0.15, -0.1) is 0 Å². The monoisotopic (exact) mass is 627 g/mol. The second kappa shape index (κ2) is 11.1. The molecule has 0 aliphatic carbocycles. The molecule has 3 atom stereocenters. The minimum atomic E-state index is -1.78. The maximum atomic E-state index is 15.6. The van der Waals surface area contributed by atoms with Gasteiger partial charge in [0.05, 0.1) is 32.2 Å². The van der Waals surface area contributed by atoms with E-state index in [4.69, 9.17) is 14.6 Å². The van der Waals surface area contributed by atoms with Crippen molar-refractivity contribution in [3.63, 3.8) is 0 Å². The van der Waals surface area contributed by atoms with Gasteiger partial charge in [-0.05, 0) is 43.2 Å². The van der Waals surface area contributed by atoms with E-state index in [-0.39, 0.29) is 52.4 Å². The smallest absolute Gasteiger partial charge is 0.303 e. The number of rotatable bonds is 8. The third-order valence-corrected chi connectivity index (χ3v) is 8.89. The molecule has 228 valence electrons. The van der Waals surface area contributed by atoms with E-state index >= 15 is 13.2 Å². The maximum absolute atomic E-state index is 15.6. The fraction of sp³-hybridized carbons (Fsp3) is 0.226. The number of H-pyrrole nitrogens is 2. The van der Waals surface area contributed by atoms with Crippen LogP contribution in [-0.4, -0.2) is 49.3 Å². The lowest BCUT2D eigenvalue weighted by atomic mass is 9.73. The van der Waals surface area contributed by atoms with Crippen LogP contribution >= 0.6 is 0 Å². The molecule has 0 saturated heterocycles. The van der Waals surface area contributed by atoms with Gasteiger partial charge in [0.2, 0.25) is 5.82 Å². The van der Waals surface area contributed by atoms with E-state index < -0.39 is 51.6 Å². The Labute approximate surface area is 250 Å². The largest absolute Gasteiger partial charge is 0.490 e. The zero-order chi connectivity index (χ0) is 31.3. The Bertz CT molecular complexity index is 1960. The standard InChI is InChI=1S/C31H25F4N3O5S/c1-31(19-5-3-4-15(6-9-23(39)40)27(19)42-14-21(31)33)22-13-37-30(38-22)18-12-16(7-8-20(18)32)43-28-25(35)24(34)26-17(10-11-36-26)29(28)44(2)41/h3-5,7-8,10-13,21,36H,6,9,14H2,1-2H3,(H,37,38)(H,39,40). The number of benzene rings is 3. The highest BCUT2D eigenvalue weighted by molar-refractivity contribution is 7.84. The first-order chi connectivity index (χ1) is 21.0. The summed E-state index contributed by atoms with van der Waals surface area (Å²) in [6.45, 7) is 1.35. The van der Waals surface area contributed by atoms with Crippen molar-refractivity contribution in [3.05, 3.63) is 89.1 Å². The van der Waals surface area contributed by atoms with Gasteiger partial charge >= 0.3 is 5.97 Å². The normalized spacial score (nSPS) is 18.5. The molecule has 44 heavy (non-hydrogen) atoms. The first-order valence-electron chi connectivity index (χ1n) is 13.5. The van der Waals surface area contributed by atoms with Gasteiger partial charge in [-0.25, -0.2) is 18.2 Å². The quantitative estimate of drug-likeness (QED) is 0.168. The summed E-state index contributed by atoms with van der Waals surface area (Å²) in [4.78, 5) is 21.0.